The topological polar surface area (TPSA) is 12.5 Å². The van der Waals surface area contributed by atoms with Crippen molar-refractivity contribution in [2.24, 2.45) is 0 Å². The molecule has 0 saturated carbocycles. The number of hydrogen-bond donors (Lipinski definition) is 0. The second kappa shape index (κ2) is 3.17. The number of rotatable bonds is 1. The van der Waals surface area contributed by atoms with Crippen LogP contribution in [0.5, 0.6) is 0 Å². The van der Waals surface area contributed by atoms with Gasteiger partial charge >= 0.3 is 0 Å². The predicted molar refractivity (Wildman–Crippen MR) is 42.0 cm³/mol. The highest BCUT2D eigenvalue weighted by molar-refractivity contribution is 4.90. The van der Waals surface area contributed by atoms with Gasteiger partial charge in [0.15, 0.2) is 0 Å². The molecular weight excluding hydrogens is 126 g/mol. The highest BCUT2D eigenvalue weighted by atomic mass is 16.5. The molecule has 2 unspecified atom stereocenters. The van der Waals surface area contributed by atoms with Crippen molar-refractivity contribution in [3.8, 4) is 0 Å². The third kappa shape index (κ3) is 1.39. The Morgan fingerprint density at radius 2 is 2.30 bits per heavy atom. The van der Waals surface area contributed by atoms with Crippen molar-refractivity contribution in [2.75, 3.05) is 20.3 Å². The van der Waals surface area contributed by atoms with Crippen LogP contribution in [0.2, 0.25) is 0 Å². The van der Waals surface area contributed by atoms with Gasteiger partial charge in [-0.3, -0.25) is 4.90 Å². The van der Waals surface area contributed by atoms with Crippen molar-refractivity contribution in [1.82, 2.24) is 4.90 Å². The molecule has 58 valence electrons. The molecule has 1 aliphatic rings. The van der Waals surface area contributed by atoms with Crippen molar-refractivity contribution in [2.45, 2.75) is 19.0 Å². The van der Waals surface area contributed by atoms with Crippen molar-refractivity contribution < 1.29 is 4.74 Å². The van der Waals surface area contributed by atoms with Gasteiger partial charge in [-0.15, -0.1) is 6.58 Å². The first-order valence-corrected chi connectivity index (χ1v) is 3.68. The van der Waals surface area contributed by atoms with Crippen LogP contribution in [-0.4, -0.2) is 37.2 Å². The molecular formula is C8H15NO. The molecule has 2 atom stereocenters. The molecule has 0 bridgehead atoms. The zero-order chi connectivity index (χ0) is 7.56. The summed E-state index contributed by atoms with van der Waals surface area (Å²) in [5, 5.41) is 0. The van der Waals surface area contributed by atoms with Gasteiger partial charge in [-0.1, -0.05) is 6.08 Å². The molecule has 0 aromatic rings. The van der Waals surface area contributed by atoms with Crippen LogP contribution in [0.25, 0.3) is 0 Å². The maximum Gasteiger partial charge on any atom is 0.0658 e. The van der Waals surface area contributed by atoms with Gasteiger partial charge in [0.05, 0.1) is 19.3 Å². The minimum absolute atomic E-state index is 0.406. The maximum absolute atomic E-state index is 5.34. The summed E-state index contributed by atoms with van der Waals surface area (Å²) in [6.07, 6.45) is 1.94. The first-order valence-electron chi connectivity index (χ1n) is 3.68. The zero-order valence-corrected chi connectivity index (χ0v) is 6.71. The normalized spacial score (nSPS) is 35.8. The smallest absolute Gasteiger partial charge is 0.0658 e. The van der Waals surface area contributed by atoms with E-state index in [-0.39, 0.29) is 0 Å². The zero-order valence-electron chi connectivity index (χ0n) is 6.71. The summed E-state index contributed by atoms with van der Waals surface area (Å²) in [4.78, 5) is 2.29. The van der Waals surface area contributed by atoms with Gasteiger partial charge in [-0.25, -0.2) is 0 Å². The van der Waals surface area contributed by atoms with E-state index in [9.17, 15) is 0 Å². The van der Waals surface area contributed by atoms with Crippen LogP contribution in [0.15, 0.2) is 12.7 Å². The molecule has 1 fully saturated rings. The molecule has 2 heteroatoms. The fourth-order valence-corrected chi connectivity index (χ4v) is 1.16. The summed E-state index contributed by atoms with van der Waals surface area (Å²) in [5.41, 5.74) is 0. The van der Waals surface area contributed by atoms with E-state index in [4.69, 9.17) is 4.74 Å². The highest BCUT2D eigenvalue weighted by Gasteiger charge is 2.21. The standard InChI is InChI=1S/C8H15NO/c1-4-8-6-10-5-7(2)9(8)3/h4,7-8H,1,5-6H2,2-3H3. The Balaban J connectivity index is 2.50. The van der Waals surface area contributed by atoms with Gasteiger partial charge in [0.2, 0.25) is 0 Å². The first-order chi connectivity index (χ1) is 4.75. The first kappa shape index (κ1) is 7.76. The Labute approximate surface area is 62.5 Å². The lowest BCUT2D eigenvalue weighted by atomic mass is 10.2. The monoisotopic (exact) mass is 141 g/mol. The Morgan fingerprint density at radius 1 is 1.60 bits per heavy atom. The van der Waals surface area contributed by atoms with Crippen LogP contribution < -0.4 is 0 Å². The SMILES string of the molecule is C=CC1COCC(C)N1C. The average molecular weight is 141 g/mol. The van der Waals surface area contributed by atoms with Crippen LogP contribution in [0.4, 0.5) is 0 Å². The molecule has 0 N–H and O–H groups in total. The van der Waals surface area contributed by atoms with Gasteiger partial charge in [-0.05, 0) is 14.0 Å². The van der Waals surface area contributed by atoms with Crippen LogP contribution in [0.3, 0.4) is 0 Å². The van der Waals surface area contributed by atoms with E-state index in [1.54, 1.807) is 0 Å². The largest absolute Gasteiger partial charge is 0.378 e. The molecule has 10 heavy (non-hydrogen) atoms. The van der Waals surface area contributed by atoms with Gasteiger partial charge in [0, 0.05) is 6.04 Å². The molecule has 0 spiro atoms. The molecule has 1 aliphatic heterocycles. The number of ether oxygens (including phenoxy) is 1. The minimum Gasteiger partial charge on any atom is -0.378 e. The van der Waals surface area contributed by atoms with Gasteiger partial charge in [-0.2, -0.15) is 0 Å². The predicted octanol–water partition coefficient (Wildman–Crippen LogP) is 0.892. The molecule has 0 aliphatic carbocycles. The summed E-state index contributed by atoms with van der Waals surface area (Å²) in [6.45, 7) is 7.55. The van der Waals surface area contributed by atoms with E-state index in [1.807, 2.05) is 6.08 Å². The number of hydrogen-bond acceptors (Lipinski definition) is 2. The van der Waals surface area contributed by atoms with Crippen LogP contribution in [0.1, 0.15) is 6.92 Å². The molecule has 1 saturated heterocycles. The Morgan fingerprint density at radius 3 is 2.80 bits per heavy atom. The van der Waals surface area contributed by atoms with E-state index < -0.39 is 0 Å². The summed E-state index contributed by atoms with van der Waals surface area (Å²) >= 11 is 0. The van der Waals surface area contributed by atoms with E-state index >= 15 is 0 Å². The van der Waals surface area contributed by atoms with Gasteiger partial charge in [0.25, 0.3) is 0 Å². The summed E-state index contributed by atoms with van der Waals surface area (Å²) in [7, 11) is 2.11. The minimum atomic E-state index is 0.406. The maximum atomic E-state index is 5.34. The second-order valence-corrected chi connectivity index (χ2v) is 2.85. The molecule has 0 aromatic carbocycles. The van der Waals surface area contributed by atoms with E-state index in [0.29, 0.717) is 12.1 Å². The van der Waals surface area contributed by atoms with E-state index in [0.717, 1.165) is 13.2 Å². The van der Waals surface area contributed by atoms with Crippen LogP contribution in [-0.2, 0) is 4.74 Å². The lowest BCUT2D eigenvalue weighted by molar-refractivity contribution is -0.0128. The third-order valence-electron chi connectivity index (χ3n) is 2.14. The van der Waals surface area contributed by atoms with E-state index in [1.165, 1.54) is 0 Å². The summed E-state index contributed by atoms with van der Waals surface area (Å²) < 4.78 is 5.34. The molecule has 0 radical (unpaired) electrons. The number of likely N-dealkylation sites (N-methyl/N-ethyl adjacent to an activating group) is 1. The fourth-order valence-electron chi connectivity index (χ4n) is 1.16. The second-order valence-electron chi connectivity index (χ2n) is 2.85. The number of nitrogens with zero attached hydrogens (tertiary/aromatic N) is 1. The number of morpholine rings is 1. The van der Waals surface area contributed by atoms with Crippen molar-refractivity contribution in [3.63, 3.8) is 0 Å². The van der Waals surface area contributed by atoms with Crippen molar-refractivity contribution in [1.29, 1.82) is 0 Å². The molecule has 1 rings (SSSR count). The summed E-state index contributed by atoms with van der Waals surface area (Å²) in [6, 6.07) is 0.931. The lowest BCUT2D eigenvalue weighted by Gasteiger charge is -2.35. The molecule has 0 amide bonds. The highest BCUT2D eigenvalue weighted by Crippen LogP contribution is 2.10. The van der Waals surface area contributed by atoms with Crippen LogP contribution in [0, 0.1) is 0 Å². The van der Waals surface area contributed by atoms with Gasteiger partial charge in [0.1, 0.15) is 0 Å². The van der Waals surface area contributed by atoms with Gasteiger partial charge < -0.3 is 4.74 Å². The van der Waals surface area contributed by atoms with Crippen LogP contribution >= 0.6 is 0 Å². The van der Waals surface area contributed by atoms with Crippen molar-refractivity contribution >= 4 is 0 Å². The molecule has 2 nitrogen and oxygen atoms in total. The fraction of sp³-hybridized carbons (Fsp3) is 0.750. The summed E-state index contributed by atoms with van der Waals surface area (Å²) in [5.74, 6) is 0. The Bertz CT molecular complexity index is 124. The molecule has 1 heterocycles. The average Bonchev–Trinajstić information content (AvgIpc) is 1.95. The Kier molecular flexibility index (Phi) is 2.46. The third-order valence-corrected chi connectivity index (χ3v) is 2.14. The quantitative estimate of drug-likeness (QED) is 0.503. The van der Waals surface area contributed by atoms with E-state index in [2.05, 4.69) is 25.5 Å². The van der Waals surface area contributed by atoms with Crippen molar-refractivity contribution in [3.05, 3.63) is 12.7 Å². The Hall–Kier alpha value is -0.340. The lowest BCUT2D eigenvalue weighted by Crippen LogP contribution is -2.47. The molecule has 0 aromatic heterocycles.